The second-order valence-electron chi connectivity index (χ2n) is 2.44. The third-order valence-electron chi connectivity index (χ3n) is 1.78. The van der Waals surface area contributed by atoms with E-state index in [0.717, 1.165) is 10.9 Å². The molecule has 62 valence electrons. The molecule has 0 fully saturated rings. The van der Waals surface area contributed by atoms with E-state index in [1.807, 2.05) is 6.07 Å². The molecule has 3 heteroatoms. The molecule has 1 aromatic heterocycles. The van der Waals surface area contributed by atoms with Gasteiger partial charge in [-0.25, -0.2) is 0 Å². The molecule has 2 nitrogen and oxygen atoms in total. The number of aromatic nitrogens is 1. The zero-order chi connectivity index (χ0) is 9.42. The summed E-state index contributed by atoms with van der Waals surface area (Å²) >= 11 is 5.93. The Morgan fingerprint density at radius 3 is 3.17 bits per heavy atom. The summed E-state index contributed by atoms with van der Waals surface area (Å²) in [6, 6.07) is 3.71. The third kappa shape index (κ3) is 0.959. The van der Waals surface area contributed by atoms with Crippen molar-refractivity contribution in [3.8, 4) is 5.75 Å². The number of methoxy groups -OCH3 is 1. The van der Waals surface area contributed by atoms with Crippen molar-refractivity contribution in [3.05, 3.63) is 29.4 Å². The molecule has 0 unspecified atom stereocenters. The molecule has 2 rings (SSSR count). The largest absolute Gasteiger partial charge is 0.495 e. The second-order valence-corrected chi connectivity index (χ2v) is 2.82. The van der Waals surface area contributed by atoms with Gasteiger partial charge in [0.2, 0.25) is 0 Å². The van der Waals surface area contributed by atoms with Gasteiger partial charge in [0, 0.05) is 11.6 Å². The van der Waals surface area contributed by atoms with Crippen molar-refractivity contribution in [2.75, 3.05) is 7.11 Å². The van der Waals surface area contributed by atoms with Gasteiger partial charge in [-0.15, -0.1) is 0 Å². The van der Waals surface area contributed by atoms with Crippen LogP contribution in [0.5, 0.6) is 5.75 Å². The number of hydrogen-bond donors (Lipinski definition) is 1. The molecular formula is C9H8ClNO. The van der Waals surface area contributed by atoms with Gasteiger partial charge in [0.25, 0.3) is 0 Å². The minimum absolute atomic E-state index is 0.283. The van der Waals surface area contributed by atoms with Crippen LogP contribution in [0.1, 0.15) is 1.37 Å². The second kappa shape index (κ2) is 2.72. The van der Waals surface area contributed by atoms with Crippen LogP contribution in [0, 0.1) is 0 Å². The number of ether oxygens (including phenoxy) is 1. The van der Waals surface area contributed by atoms with Crippen LogP contribution in [0.15, 0.2) is 24.4 Å². The maximum absolute atomic E-state index is 7.56. The smallest absolute Gasteiger partial charge is 0.143 e. The molecule has 1 N–H and O–H groups in total. The number of halogens is 1. The summed E-state index contributed by atoms with van der Waals surface area (Å²) in [6.07, 6.45) is 1.78. The first-order valence-electron chi connectivity index (χ1n) is 4.04. The number of benzene rings is 1. The highest BCUT2D eigenvalue weighted by molar-refractivity contribution is 6.35. The Kier molecular flexibility index (Phi) is 1.44. The zero-order valence-corrected chi connectivity index (χ0v) is 7.27. The molecule has 0 spiro atoms. The first-order chi connectivity index (χ1) is 6.24. The van der Waals surface area contributed by atoms with Gasteiger partial charge in [-0.2, -0.15) is 0 Å². The summed E-state index contributed by atoms with van der Waals surface area (Å²) < 4.78 is 12.7. The molecule has 0 aliphatic carbocycles. The van der Waals surface area contributed by atoms with E-state index >= 15 is 0 Å². The van der Waals surface area contributed by atoms with Crippen LogP contribution < -0.4 is 4.74 Å². The lowest BCUT2D eigenvalue weighted by molar-refractivity contribution is 0.419. The van der Waals surface area contributed by atoms with Crippen molar-refractivity contribution in [2.45, 2.75) is 0 Å². The number of fused-ring (bicyclic) bond motifs is 1. The number of H-pyrrole nitrogens is 1. The molecular weight excluding hydrogens is 174 g/mol. The maximum Gasteiger partial charge on any atom is 0.143 e. The van der Waals surface area contributed by atoms with Crippen molar-refractivity contribution in [2.24, 2.45) is 0 Å². The average molecular weight is 183 g/mol. The Morgan fingerprint density at radius 1 is 1.58 bits per heavy atom. The lowest BCUT2D eigenvalue weighted by atomic mass is 10.2. The van der Waals surface area contributed by atoms with E-state index in [0.29, 0.717) is 10.8 Å². The maximum atomic E-state index is 7.56. The number of aromatic amines is 1. The molecule has 0 amide bonds. The van der Waals surface area contributed by atoms with Crippen molar-refractivity contribution < 1.29 is 6.11 Å². The molecule has 12 heavy (non-hydrogen) atoms. The summed E-state index contributed by atoms with van der Waals surface area (Å²) in [6.45, 7) is 0. The van der Waals surface area contributed by atoms with E-state index in [4.69, 9.17) is 17.7 Å². The minimum atomic E-state index is 0.283. The normalized spacial score (nSPS) is 11.7. The Bertz CT molecular complexity index is 452. The molecule has 0 saturated heterocycles. The molecule has 0 atom stereocenters. The topological polar surface area (TPSA) is 25.0 Å². The van der Waals surface area contributed by atoms with E-state index < -0.39 is 0 Å². The number of rotatable bonds is 1. The van der Waals surface area contributed by atoms with Gasteiger partial charge in [-0.3, -0.25) is 0 Å². The van der Waals surface area contributed by atoms with Crippen LogP contribution in [0.3, 0.4) is 0 Å². The van der Waals surface area contributed by atoms with Crippen LogP contribution >= 0.6 is 11.6 Å². The molecule has 2 aromatic rings. The fourth-order valence-corrected chi connectivity index (χ4v) is 1.41. The van der Waals surface area contributed by atoms with Gasteiger partial charge in [-0.05, 0) is 18.2 Å². The van der Waals surface area contributed by atoms with Crippen LogP contribution in [-0.2, 0) is 0 Å². The monoisotopic (exact) mass is 182 g/mol. The summed E-state index contributed by atoms with van der Waals surface area (Å²) in [5.74, 6) is 0.648. The minimum Gasteiger partial charge on any atom is -0.495 e. The molecule has 0 saturated carbocycles. The number of nitrogens with one attached hydrogen (secondary N) is 1. The molecule has 0 aliphatic rings. The Balaban J connectivity index is 2.87. The number of hydrogen-bond acceptors (Lipinski definition) is 1. The SMILES string of the molecule is [2H]c1cc(OC)c2[nH]ccc2c1Cl. The van der Waals surface area contributed by atoms with Gasteiger partial charge in [0.15, 0.2) is 0 Å². The predicted octanol–water partition coefficient (Wildman–Crippen LogP) is 2.83. The zero-order valence-electron chi connectivity index (χ0n) is 7.52. The first kappa shape index (κ1) is 6.38. The highest BCUT2D eigenvalue weighted by atomic mass is 35.5. The molecule has 1 aromatic carbocycles. The van der Waals surface area contributed by atoms with Crippen LogP contribution in [0.2, 0.25) is 5.02 Å². The van der Waals surface area contributed by atoms with Crippen molar-refractivity contribution in [3.63, 3.8) is 0 Å². The lowest BCUT2D eigenvalue weighted by Crippen LogP contribution is -1.83. The van der Waals surface area contributed by atoms with E-state index in [2.05, 4.69) is 4.98 Å². The Hall–Kier alpha value is -1.15. The van der Waals surface area contributed by atoms with Crippen molar-refractivity contribution in [1.82, 2.24) is 4.98 Å². The lowest BCUT2D eigenvalue weighted by Gasteiger charge is -2.01. The molecule has 0 radical (unpaired) electrons. The average Bonchev–Trinajstić information content (AvgIpc) is 2.60. The highest BCUT2D eigenvalue weighted by Gasteiger charge is 2.04. The highest BCUT2D eigenvalue weighted by Crippen LogP contribution is 2.29. The first-order valence-corrected chi connectivity index (χ1v) is 3.92. The van der Waals surface area contributed by atoms with Crippen molar-refractivity contribution in [1.29, 1.82) is 0 Å². The van der Waals surface area contributed by atoms with E-state index in [9.17, 15) is 0 Å². The summed E-state index contributed by atoms with van der Waals surface area (Å²) in [7, 11) is 1.57. The van der Waals surface area contributed by atoms with Gasteiger partial charge in [-0.1, -0.05) is 11.6 Å². The predicted molar refractivity (Wildman–Crippen MR) is 49.9 cm³/mol. The summed E-state index contributed by atoms with van der Waals surface area (Å²) in [5.41, 5.74) is 0.837. The molecule has 0 bridgehead atoms. The molecule has 1 heterocycles. The Labute approximate surface area is 76.5 Å². The summed E-state index contributed by atoms with van der Waals surface area (Å²) in [5, 5.41) is 1.28. The quantitative estimate of drug-likeness (QED) is 0.721. The van der Waals surface area contributed by atoms with Crippen LogP contribution in [0.4, 0.5) is 0 Å². The van der Waals surface area contributed by atoms with E-state index in [1.165, 1.54) is 0 Å². The Morgan fingerprint density at radius 2 is 2.42 bits per heavy atom. The summed E-state index contributed by atoms with van der Waals surface area (Å²) in [4.78, 5) is 3.01. The fraction of sp³-hybridized carbons (Fsp3) is 0.111. The third-order valence-corrected chi connectivity index (χ3v) is 2.09. The van der Waals surface area contributed by atoms with Gasteiger partial charge >= 0.3 is 0 Å². The van der Waals surface area contributed by atoms with Crippen LogP contribution in [0.25, 0.3) is 10.9 Å². The standard InChI is InChI=1S/C9H8ClNO/c1-12-8-3-2-7(10)6-4-5-11-9(6)8/h2-5,11H,1H3/i2D. The van der Waals surface area contributed by atoms with Gasteiger partial charge < -0.3 is 9.72 Å². The van der Waals surface area contributed by atoms with Crippen LogP contribution in [-0.4, -0.2) is 12.1 Å². The van der Waals surface area contributed by atoms with Gasteiger partial charge in [0.1, 0.15) is 5.75 Å². The fourth-order valence-electron chi connectivity index (χ4n) is 1.20. The van der Waals surface area contributed by atoms with Gasteiger partial charge in [0.05, 0.1) is 19.0 Å². The van der Waals surface area contributed by atoms with E-state index in [1.54, 1.807) is 19.4 Å². The van der Waals surface area contributed by atoms with E-state index in [-0.39, 0.29) is 6.04 Å². The molecule has 0 aliphatic heterocycles. The van der Waals surface area contributed by atoms with Crippen molar-refractivity contribution >= 4 is 22.5 Å².